The molecule has 0 saturated carbocycles. The number of carbonyl (C=O) groups excluding carboxylic acids is 1. The van der Waals surface area contributed by atoms with Gasteiger partial charge in [-0.3, -0.25) is 4.79 Å². The smallest absolute Gasteiger partial charge is 0.310 e. The molecule has 0 amide bonds. The Balaban J connectivity index is 2.96. The van der Waals surface area contributed by atoms with Crippen molar-refractivity contribution in [1.29, 1.82) is 5.26 Å². The van der Waals surface area contributed by atoms with E-state index in [2.05, 4.69) is 15.9 Å². The molecule has 0 spiro atoms. The maximum atomic E-state index is 11.3. The van der Waals surface area contributed by atoms with Gasteiger partial charge in [0, 0.05) is 4.47 Å². The van der Waals surface area contributed by atoms with Gasteiger partial charge in [0.2, 0.25) is 0 Å². The zero-order valence-corrected chi connectivity index (χ0v) is 10.9. The molecule has 0 heterocycles. The molecule has 0 saturated heterocycles. The largest absolute Gasteiger partial charge is 0.466 e. The minimum Gasteiger partial charge on any atom is -0.466 e. The molecule has 0 fully saturated rings. The molecule has 0 bridgehead atoms. The first kappa shape index (κ1) is 13.0. The van der Waals surface area contributed by atoms with Crippen molar-refractivity contribution in [1.82, 2.24) is 0 Å². The molecule has 0 aromatic heterocycles. The van der Waals surface area contributed by atoms with E-state index in [0.29, 0.717) is 27.2 Å². The summed E-state index contributed by atoms with van der Waals surface area (Å²) in [5, 5.41) is 9.08. The van der Waals surface area contributed by atoms with Crippen LogP contribution in [0, 0.1) is 11.3 Å². The maximum Gasteiger partial charge on any atom is 0.310 e. The van der Waals surface area contributed by atoms with Crippen molar-refractivity contribution in [2.45, 2.75) is 13.3 Å². The SMILES string of the molecule is CCOC(=O)Cc1ccc(C#N)c(Cl)c1Br. The number of hydrogen-bond acceptors (Lipinski definition) is 3. The summed E-state index contributed by atoms with van der Waals surface area (Å²) < 4.78 is 5.40. The summed E-state index contributed by atoms with van der Waals surface area (Å²) in [4.78, 5) is 11.3. The van der Waals surface area contributed by atoms with E-state index in [0.717, 1.165) is 0 Å². The average Bonchev–Trinajstić information content (AvgIpc) is 2.25. The fraction of sp³-hybridized carbons (Fsp3) is 0.273. The van der Waals surface area contributed by atoms with E-state index >= 15 is 0 Å². The highest BCUT2D eigenvalue weighted by Gasteiger charge is 2.12. The van der Waals surface area contributed by atoms with E-state index in [9.17, 15) is 4.79 Å². The van der Waals surface area contributed by atoms with Crippen molar-refractivity contribution in [3.8, 4) is 6.07 Å². The zero-order valence-electron chi connectivity index (χ0n) is 8.59. The molecule has 1 aromatic carbocycles. The van der Waals surface area contributed by atoms with Gasteiger partial charge >= 0.3 is 5.97 Å². The summed E-state index contributed by atoms with van der Waals surface area (Å²) >= 11 is 9.20. The van der Waals surface area contributed by atoms with Gasteiger partial charge in [0.05, 0.1) is 23.6 Å². The van der Waals surface area contributed by atoms with Crippen LogP contribution in [0.3, 0.4) is 0 Å². The Morgan fingerprint density at radius 3 is 2.88 bits per heavy atom. The molecule has 1 aromatic rings. The maximum absolute atomic E-state index is 11.3. The predicted molar refractivity (Wildman–Crippen MR) is 64.2 cm³/mol. The Bertz CT molecular complexity index is 454. The molecule has 0 aliphatic rings. The lowest BCUT2D eigenvalue weighted by Crippen LogP contribution is -2.08. The molecule has 0 N–H and O–H groups in total. The van der Waals surface area contributed by atoms with E-state index in [-0.39, 0.29) is 12.4 Å². The van der Waals surface area contributed by atoms with Crippen LogP contribution < -0.4 is 0 Å². The van der Waals surface area contributed by atoms with Crippen molar-refractivity contribution in [2.24, 2.45) is 0 Å². The third kappa shape index (κ3) is 2.97. The minimum absolute atomic E-state index is 0.139. The lowest BCUT2D eigenvalue weighted by atomic mass is 10.1. The van der Waals surface area contributed by atoms with E-state index in [4.69, 9.17) is 21.6 Å². The Kier molecular flexibility index (Phi) is 4.78. The molecule has 0 atom stereocenters. The number of nitrogens with zero attached hydrogens (tertiary/aromatic N) is 1. The van der Waals surface area contributed by atoms with Crippen molar-refractivity contribution in [2.75, 3.05) is 6.61 Å². The van der Waals surface area contributed by atoms with Crippen LogP contribution in [-0.2, 0) is 16.0 Å². The van der Waals surface area contributed by atoms with Crippen LogP contribution >= 0.6 is 27.5 Å². The van der Waals surface area contributed by atoms with E-state index < -0.39 is 0 Å². The zero-order chi connectivity index (χ0) is 12.1. The van der Waals surface area contributed by atoms with Crippen LogP contribution in [0.2, 0.25) is 5.02 Å². The molecule has 0 radical (unpaired) electrons. The highest BCUT2D eigenvalue weighted by Crippen LogP contribution is 2.30. The summed E-state index contributed by atoms with van der Waals surface area (Å²) in [5.74, 6) is -0.316. The van der Waals surface area contributed by atoms with Gasteiger partial charge < -0.3 is 4.74 Å². The van der Waals surface area contributed by atoms with Crippen LogP contribution in [-0.4, -0.2) is 12.6 Å². The quantitative estimate of drug-likeness (QED) is 0.806. The first-order valence-corrected chi connectivity index (χ1v) is 5.79. The van der Waals surface area contributed by atoms with Gasteiger partial charge in [-0.1, -0.05) is 17.7 Å². The highest BCUT2D eigenvalue weighted by atomic mass is 79.9. The number of ether oxygens (including phenoxy) is 1. The van der Waals surface area contributed by atoms with Gasteiger partial charge in [-0.05, 0) is 34.5 Å². The molecule has 0 aliphatic carbocycles. The summed E-state index contributed by atoms with van der Waals surface area (Å²) in [6, 6.07) is 5.23. The van der Waals surface area contributed by atoms with Crippen molar-refractivity contribution >= 4 is 33.5 Å². The third-order valence-corrected chi connectivity index (χ3v) is 3.45. The van der Waals surface area contributed by atoms with Gasteiger partial charge in [-0.15, -0.1) is 0 Å². The number of hydrogen-bond donors (Lipinski definition) is 0. The fourth-order valence-corrected chi connectivity index (χ4v) is 1.89. The fourth-order valence-electron chi connectivity index (χ4n) is 1.18. The first-order valence-electron chi connectivity index (χ1n) is 4.62. The Morgan fingerprint density at radius 2 is 2.31 bits per heavy atom. The van der Waals surface area contributed by atoms with Gasteiger partial charge in [0.15, 0.2) is 0 Å². The molecular weight excluding hydrogens is 293 g/mol. The minimum atomic E-state index is -0.316. The molecule has 0 aliphatic heterocycles. The second-order valence-electron chi connectivity index (χ2n) is 2.99. The molecular formula is C11H9BrClNO2. The van der Waals surface area contributed by atoms with E-state index in [1.54, 1.807) is 19.1 Å². The number of rotatable bonds is 3. The van der Waals surface area contributed by atoms with Crippen LogP contribution in [0.4, 0.5) is 0 Å². The number of esters is 1. The van der Waals surface area contributed by atoms with Crippen molar-refractivity contribution in [3.05, 3.63) is 32.8 Å². The number of carbonyl (C=O) groups is 1. The average molecular weight is 303 g/mol. The van der Waals surface area contributed by atoms with Gasteiger partial charge in [-0.25, -0.2) is 0 Å². The topological polar surface area (TPSA) is 50.1 Å². The molecule has 3 nitrogen and oxygen atoms in total. The van der Waals surface area contributed by atoms with Crippen molar-refractivity contribution < 1.29 is 9.53 Å². The van der Waals surface area contributed by atoms with Crippen LogP contribution in [0.1, 0.15) is 18.1 Å². The predicted octanol–water partition coefficient (Wildman–Crippen LogP) is 3.08. The molecule has 0 unspecified atom stereocenters. The number of benzene rings is 1. The lowest BCUT2D eigenvalue weighted by molar-refractivity contribution is -0.142. The normalized spacial score (nSPS) is 9.62. The van der Waals surface area contributed by atoms with Gasteiger partial charge in [0.1, 0.15) is 6.07 Å². The second kappa shape index (κ2) is 5.88. The Labute approximate surface area is 107 Å². The summed E-state index contributed by atoms with van der Waals surface area (Å²) in [6.07, 6.45) is 0.139. The lowest BCUT2D eigenvalue weighted by Gasteiger charge is -2.06. The van der Waals surface area contributed by atoms with Crippen LogP contribution in [0.25, 0.3) is 0 Å². The standard InChI is InChI=1S/C11H9BrClNO2/c1-2-16-9(15)5-7-3-4-8(6-14)11(13)10(7)12/h3-4H,2,5H2,1H3. The van der Waals surface area contributed by atoms with Crippen molar-refractivity contribution in [3.63, 3.8) is 0 Å². The second-order valence-corrected chi connectivity index (χ2v) is 4.16. The monoisotopic (exact) mass is 301 g/mol. The number of halogens is 2. The molecule has 5 heteroatoms. The molecule has 1 rings (SSSR count). The van der Waals surface area contributed by atoms with Crippen LogP contribution in [0.5, 0.6) is 0 Å². The molecule has 16 heavy (non-hydrogen) atoms. The Morgan fingerprint density at radius 1 is 1.62 bits per heavy atom. The Hall–Kier alpha value is -1.05. The summed E-state index contributed by atoms with van der Waals surface area (Å²) in [7, 11) is 0. The number of nitriles is 1. The summed E-state index contributed by atoms with van der Waals surface area (Å²) in [5.41, 5.74) is 1.09. The van der Waals surface area contributed by atoms with Gasteiger partial charge in [-0.2, -0.15) is 5.26 Å². The third-order valence-electron chi connectivity index (χ3n) is 1.92. The van der Waals surface area contributed by atoms with Crippen LogP contribution in [0.15, 0.2) is 16.6 Å². The molecule has 84 valence electrons. The van der Waals surface area contributed by atoms with E-state index in [1.165, 1.54) is 0 Å². The highest BCUT2D eigenvalue weighted by molar-refractivity contribution is 9.10. The first-order chi connectivity index (χ1) is 7.60. The van der Waals surface area contributed by atoms with Gasteiger partial charge in [0.25, 0.3) is 0 Å². The summed E-state index contributed by atoms with van der Waals surface area (Å²) in [6.45, 7) is 2.10. The van der Waals surface area contributed by atoms with E-state index in [1.807, 2.05) is 6.07 Å².